The Kier molecular flexibility index (Phi) is 4.79. The number of amides is 1. The second kappa shape index (κ2) is 5.74. The van der Waals surface area contributed by atoms with E-state index in [1.807, 2.05) is 20.8 Å². The van der Waals surface area contributed by atoms with Gasteiger partial charge in [0.1, 0.15) is 5.60 Å². The van der Waals surface area contributed by atoms with E-state index in [9.17, 15) is 9.90 Å². The summed E-state index contributed by atoms with van der Waals surface area (Å²) >= 11 is 0. The van der Waals surface area contributed by atoms with Crippen LogP contribution in [0.1, 0.15) is 47.0 Å². The Morgan fingerprint density at radius 2 is 2.22 bits per heavy atom. The third-order valence-corrected chi connectivity index (χ3v) is 3.17. The van der Waals surface area contributed by atoms with Crippen molar-refractivity contribution in [3.05, 3.63) is 11.6 Å². The van der Waals surface area contributed by atoms with Gasteiger partial charge < -0.3 is 15.2 Å². The maximum absolute atomic E-state index is 11.5. The summed E-state index contributed by atoms with van der Waals surface area (Å²) in [5.41, 5.74) is 0.766. The summed E-state index contributed by atoms with van der Waals surface area (Å²) in [6.45, 7) is 8.38. The zero-order valence-corrected chi connectivity index (χ0v) is 11.9. The number of nitrogens with one attached hydrogen (secondary N) is 1. The molecule has 0 saturated heterocycles. The normalized spacial score (nSPS) is 24.4. The molecule has 0 saturated carbocycles. The van der Waals surface area contributed by atoms with Gasteiger partial charge in [-0.3, -0.25) is 0 Å². The highest BCUT2D eigenvalue weighted by Crippen LogP contribution is 2.34. The SMILES string of the molecule is CC1(CO)CC=C(CNC(=O)OC(C)(C)C)CC1. The summed E-state index contributed by atoms with van der Waals surface area (Å²) in [6.07, 6.45) is 4.50. The number of aliphatic hydroxyl groups excluding tert-OH is 1. The second-order valence-electron chi connectivity index (χ2n) is 6.39. The van der Waals surface area contributed by atoms with Gasteiger partial charge in [-0.05, 0) is 45.4 Å². The van der Waals surface area contributed by atoms with E-state index in [1.54, 1.807) is 0 Å². The monoisotopic (exact) mass is 255 g/mol. The lowest BCUT2D eigenvalue weighted by Crippen LogP contribution is -2.34. The Bertz CT molecular complexity index is 330. The van der Waals surface area contributed by atoms with Crippen LogP contribution in [0.5, 0.6) is 0 Å². The number of carbonyl (C=O) groups excluding carboxylic acids is 1. The highest BCUT2D eigenvalue weighted by molar-refractivity contribution is 5.68. The van der Waals surface area contributed by atoms with Crippen molar-refractivity contribution in [2.24, 2.45) is 5.41 Å². The van der Waals surface area contributed by atoms with Crippen molar-refractivity contribution in [2.75, 3.05) is 13.2 Å². The molecular weight excluding hydrogens is 230 g/mol. The number of allylic oxidation sites excluding steroid dienone is 1. The summed E-state index contributed by atoms with van der Waals surface area (Å²) in [5, 5.41) is 12.0. The van der Waals surface area contributed by atoms with Crippen LogP contribution in [0.2, 0.25) is 0 Å². The standard InChI is InChI=1S/C14H25NO3/c1-13(2,3)18-12(17)15-9-11-5-7-14(4,10-16)8-6-11/h5,16H,6-10H2,1-4H3,(H,15,17). The molecule has 1 rings (SSSR count). The topological polar surface area (TPSA) is 58.6 Å². The van der Waals surface area contributed by atoms with Crippen LogP contribution in [-0.2, 0) is 4.74 Å². The number of hydrogen-bond donors (Lipinski definition) is 2. The van der Waals surface area contributed by atoms with Crippen molar-refractivity contribution in [1.82, 2.24) is 5.32 Å². The van der Waals surface area contributed by atoms with Crippen LogP contribution in [0.4, 0.5) is 4.79 Å². The van der Waals surface area contributed by atoms with E-state index in [4.69, 9.17) is 4.74 Å². The molecule has 0 bridgehead atoms. The molecule has 1 atom stereocenters. The minimum Gasteiger partial charge on any atom is -0.444 e. The highest BCUT2D eigenvalue weighted by atomic mass is 16.6. The Morgan fingerprint density at radius 3 is 2.67 bits per heavy atom. The Hall–Kier alpha value is -1.03. The first-order valence-electron chi connectivity index (χ1n) is 6.50. The zero-order valence-electron chi connectivity index (χ0n) is 11.9. The predicted octanol–water partition coefficient (Wildman–Crippen LogP) is 2.62. The van der Waals surface area contributed by atoms with Gasteiger partial charge in [-0.25, -0.2) is 4.79 Å². The molecule has 4 nitrogen and oxygen atoms in total. The molecule has 0 aromatic carbocycles. The maximum atomic E-state index is 11.5. The van der Waals surface area contributed by atoms with Crippen LogP contribution in [0.25, 0.3) is 0 Å². The smallest absolute Gasteiger partial charge is 0.407 e. The molecule has 1 aliphatic rings. The van der Waals surface area contributed by atoms with Crippen LogP contribution in [0.3, 0.4) is 0 Å². The van der Waals surface area contributed by atoms with Crippen LogP contribution < -0.4 is 5.32 Å². The van der Waals surface area contributed by atoms with Crippen molar-refractivity contribution in [3.8, 4) is 0 Å². The molecule has 104 valence electrons. The van der Waals surface area contributed by atoms with Gasteiger partial charge in [-0.1, -0.05) is 18.6 Å². The van der Waals surface area contributed by atoms with Crippen molar-refractivity contribution < 1.29 is 14.6 Å². The van der Waals surface area contributed by atoms with Gasteiger partial charge in [-0.2, -0.15) is 0 Å². The first-order valence-corrected chi connectivity index (χ1v) is 6.50. The molecule has 1 amide bonds. The van der Waals surface area contributed by atoms with Gasteiger partial charge in [0.2, 0.25) is 0 Å². The highest BCUT2D eigenvalue weighted by Gasteiger charge is 2.26. The summed E-state index contributed by atoms with van der Waals surface area (Å²) in [7, 11) is 0. The lowest BCUT2D eigenvalue weighted by Gasteiger charge is -2.31. The minimum atomic E-state index is -0.458. The molecule has 0 radical (unpaired) electrons. The van der Waals surface area contributed by atoms with Crippen molar-refractivity contribution in [1.29, 1.82) is 0 Å². The number of carbonyl (C=O) groups is 1. The molecule has 0 aromatic rings. The second-order valence-corrected chi connectivity index (χ2v) is 6.39. The van der Waals surface area contributed by atoms with E-state index in [2.05, 4.69) is 18.3 Å². The van der Waals surface area contributed by atoms with E-state index in [0.717, 1.165) is 19.3 Å². The van der Waals surface area contributed by atoms with Gasteiger partial charge in [0.15, 0.2) is 0 Å². The molecule has 1 unspecified atom stereocenters. The van der Waals surface area contributed by atoms with Gasteiger partial charge in [-0.15, -0.1) is 0 Å². The van der Waals surface area contributed by atoms with Gasteiger partial charge in [0.05, 0.1) is 0 Å². The lowest BCUT2D eigenvalue weighted by molar-refractivity contribution is 0.0531. The Balaban J connectivity index is 2.35. The number of hydrogen-bond acceptors (Lipinski definition) is 3. The first-order chi connectivity index (χ1) is 8.24. The van der Waals surface area contributed by atoms with Gasteiger partial charge in [0, 0.05) is 13.2 Å². The van der Waals surface area contributed by atoms with Crippen LogP contribution in [0.15, 0.2) is 11.6 Å². The van der Waals surface area contributed by atoms with Crippen LogP contribution >= 0.6 is 0 Å². The largest absolute Gasteiger partial charge is 0.444 e. The van der Waals surface area contributed by atoms with Crippen molar-refractivity contribution >= 4 is 6.09 Å². The number of aliphatic hydroxyl groups is 1. The van der Waals surface area contributed by atoms with Crippen LogP contribution in [0, 0.1) is 5.41 Å². The average molecular weight is 255 g/mol. The predicted molar refractivity (Wildman–Crippen MR) is 71.4 cm³/mol. The van der Waals surface area contributed by atoms with Crippen molar-refractivity contribution in [3.63, 3.8) is 0 Å². The van der Waals surface area contributed by atoms with E-state index < -0.39 is 5.60 Å². The molecule has 0 aliphatic heterocycles. The molecule has 4 heteroatoms. The number of rotatable bonds is 3. The first kappa shape index (κ1) is 15.0. The molecular formula is C14H25NO3. The van der Waals surface area contributed by atoms with Crippen molar-refractivity contribution in [2.45, 2.75) is 52.6 Å². The Labute approximate surface area is 109 Å². The Morgan fingerprint density at radius 1 is 1.56 bits per heavy atom. The van der Waals surface area contributed by atoms with E-state index in [0.29, 0.717) is 6.54 Å². The number of ether oxygens (including phenoxy) is 1. The molecule has 18 heavy (non-hydrogen) atoms. The van der Waals surface area contributed by atoms with Gasteiger partial charge >= 0.3 is 6.09 Å². The van der Waals surface area contributed by atoms with Gasteiger partial charge in [0.25, 0.3) is 0 Å². The molecule has 1 aliphatic carbocycles. The fourth-order valence-corrected chi connectivity index (χ4v) is 1.86. The summed E-state index contributed by atoms with van der Waals surface area (Å²) in [5.74, 6) is 0. The summed E-state index contributed by atoms with van der Waals surface area (Å²) in [6, 6.07) is 0. The van der Waals surface area contributed by atoms with E-state index >= 15 is 0 Å². The summed E-state index contributed by atoms with van der Waals surface area (Å²) in [4.78, 5) is 11.5. The fourth-order valence-electron chi connectivity index (χ4n) is 1.86. The summed E-state index contributed by atoms with van der Waals surface area (Å²) < 4.78 is 5.17. The van der Waals surface area contributed by atoms with E-state index in [-0.39, 0.29) is 18.1 Å². The average Bonchev–Trinajstić information content (AvgIpc) is 2.26. The molecule has 0 spiro atoms. The third-order valence-electron chi connectivity index (χ3n) is 3.17. The molecule has 0 fully saturated rings. The zero-order chi connectivity index (χ0) is 13.8. The molecule has 2 N–H and O–H groups in total. The number of alkyl carbamates (subject to hydrolysis) is 1. The quantitative estimate of drug-likeness (QED) is 0.762. The van der Waals surface area contributed by atoms with E-state index in [1.165, 1.54) is 5.57 Å². The lowest BCUT2D eigenvalue weighted by atomic mass is 9.77. The van der Waals surface area contributed by atoms with Crippen LogP contribution in [-0.4, -0.2) is 30.0 Å². The fraction of sp³-hybridized carbons (Fsp3) is 0.786. The minimum absolute atomic E-state index is 0.00934. The maximum Gasteiger partial charge on any atom is 0.407 e. The molecule has 0 heterocycles. The third kappa shape index (κ3) is 5.08. The molecule has 0 aromatic heterocycles.